The third kappa shape index (κ3) is 3.36. The van der Waals surface area contributed by atoms with Gasteiger partial charge in [0.05, 0.1) is 6.54 Å². The Labute approximate surface area is 121 Å². The molecule has 0 unspecified atom stereocenters. The Kier molecular flexibility index (Phi) is 5.11. The molecular weight excluding hydrogens is 279 g/mol. The smallest absolute Gasteiger partial charge is 0.195 e. The topological polar surface area (TPSA) is 77.0 Å². The van der Waals surface area contributed by atoms with Gasteiger partial charge in [-0.05, 0) is 30.2 Å². The van der Waals surface area contributed by atoms with Crippen LogP contribution >= 0.6 is 11.8 Å². The molecule has 108 valence electrons. The average Bonchev–Trinajstić information content (AvgIpc) is 2.88. The molecule has 0 aliphatic carbocycles. The van der Waals surface area contributed by atoms with Crippen molar-refractivity contribution in [2.75, 3.05) is 12.4 Å². The van der Waals surface area contributed by atoms with E-state index in [2.05, 4.69) is 10.2 Å². The van der Waals surface area contributed by atoms with E-state index >= 15 is 0 Å². The minimum absolute atomic E-state index is 0.126. The van der Waals surface area contributed by atoms with Crippen LogP contribution < -0.4 is 5.73 Å². The fourth-order valence-corrected chi connectivity index (χ4v) is 2.62. The lowest BCUT2D eigenvalue weighted by molar-refractivity contribution is 0.250. The van der Waals surface area contributed by atoms with Gasteiger partial charge in [-0.2, -0.15) is 0 Å². The fraction of sp³-hybridized carbons (Fsp3) is 0.385. The Morgan fingerprint density at radius 2 is 2.05 bits per heavy atom. The van der Waals surface area contributed by atoms with Gasteiger partial charge < -0.3 is 10.8 Å². The van der Waals surface area contributed by atoms with Crippen LogP contribution in [0.1, 0.15) is 12.7 Å². The van der Waals surface area contributed by atoms with E-state index < -0.39 is 0 Å². The number of hydrogen-bond donors (Lipinski definition) is 2. The molecule has 0 radical (unpaired) electrons. The summed E-state index contributed by atoms with van der Waals surface area (Å²) in [5.74, 6) is 1.22. The second kappa shape index (κ2) is 6.83. The first-order valence-electron chi connectivity index (χ1n) is 6.29. The summed E-state index contributed by atoms with van der Waals surface area (Å²) >= 11 is 1.50. The second-order valence-corrected chi connectivity index (χ2v) is 5.50. The van der Waals surface area contributed by atoms with Crippen molar-refractivity contribution in [2.45, 2.75) is 18.6 Å². The molecule has 7 heteroatoms. The van der Waals surface area contributed by atoms with Gasteiger partial charge in [0.2, 0.25) is 0 Å². The third-order valence-electron chi connectivity index (χ3n) is 2.78. The Balaban J connectivity index is 2.29. The molecule has 0 saturated carbocycles. The van der Waals surface area contributed by atoms with Gasteiger partial charge >= 0.3 is 0 Å². The van der Waals surface area contributed by atoms with Gasteiger partial charge in [-0.3, -0.25) is 4.57 Å². The van der Waals surface area contributed by atoms with E-state index in [0.29, 0.717) is 11.0 Å². The van der Waals surface area contributed by atoms with Crippen molar-refractivity contribution in [2.24, 2.45) is 11.7 Å². The van der Waals surface area contributed by atoms with Crippen molar-refractivity contribution in [3.05, 3.63) is 35.9 Å². The van der Waals surface area contributed by atoms with Crippen LogP contribution in [-0.4, -0.2) is 32.2 Å². The van der Waals surface area contributed by atoms with Crippen molar-refractivity contribution >= 4 is 11.8 Å². The van der Waals surface area contributed by atoms with Crippen LogP contribution in [0.3, 0.4) is 0 Å². The summed E-state index contributed by atoms with van der Waals surface area (Å²) in [5.41, 5.74) is 6.44. The quantitative estimate of drug-likeness (QED) is 0.792. The summed E-state index contributed by atoms with van der Waals surface area (Å²) < 4.78 is 14.8. The predicted octanol–water partition coefficient (Wildman–Crippen LogP) is 1.59. The molecular formula is C13H17FN4OS. The number of hydrogen-bond acceptors (Lipinski definition) is 5. The molecule has 0 bridgehead atoms. The highest BCUT2D eigenvalue weighted by molar-refractivity contribution is 7.99. The van der Waals surface area contributed by atoms with Crippen molar-refractivity contribution in [3.63, 3.8) is 0 Å². The minimum Gasteiger partial charge on any atom is -0.396 e. The van der Waals surface area contributed by atoms with Gasteiger partial charge in [-0.25, -0.2) is 4.39 Å². The molecule has 1 atom stereocenters. The lowest BCUT2D eigenvalue weighted by atomic mass is 10.2. The number of halogens is 1. The van der Waals surface area contributed by atoms with Crippen LogP contribution in [-0.2, 0) is 6.54 Å². The molecule has 2 aromatic rings. The first-order valence-corrected chi connectivity index (χ1v) is 7.28. The van der Waals surface area contributed by atoms with Gasteiger partial charge in [0.15, 0.2) is 11.0 Å². The Hall–Kier alpha value is -1.44. The summed E-state index contributed by atoms with van der Waals surface area (Å²) in [6, 6.07) is 6.11. The maximum atomic E-state index is 13.0. The highest BCUT2D eigenvalue weighted by atomic mass is 32.2. The average molecular weight is 296 g/mol. The number of aliphatic hydroxyl groups is 1. The lowest BCUT2D eigenvalue weighted by Gasteiger charge is -2.10. The molecule has 1 aromatic carbocycles. The number of aliphatic hydroxyl groups excluding tert-OH is 1. The molecule has 0 amide bonds. The van der Waals surface area contributed by atoms with Crippen LogP contribution in [0.2, 0.25) is 0 Å². The fourth-order valence-electron chi connectivity index (χ4n) is 1.64. The minimum atomic E-state index is -0.292. The zero-order valence-corrected chi connectivity index (χ0v) is 12.0. The van der Waals surface area contributed by atoms with Gasteiger partial charge in [0, 0.05) is 18.0 Å². The molecule has 20 heavy (non-hydrogen) atoms. The third-order valence-corrected chi connectivity index (χ3v) is 4.03. The second-order valence-electron chi connectivity index (χ2n) is 4.51. The van der Waals surface area contributed by atoms with E-state index in [4.69, 9.17) is 10.8 Å². The molecule has 1 aromatic heterocycles. The van der Waals surface area contributed by atoms with E-state index in [1.165, 1.54) is 23.9 Å². The van der Waals surface area contributed by atoms with Gasteiger partial charge in [0.1, 0.15) is 5.82 Å². The van der Waals surface area contributed by atoms with E-state index in [9.17, 15) is 4.39 Å². The van der Waals surface area contributed by atoms with E-state index in [1.54, 1.807) is 12.1 Å². The number of benzene rings is 1. The standard InChI is InChI=1S/C13H17FN4OS/c1-9(7-19)8-20-13-17-16-12(6-15)18(13)11-4-2-10(14)3-5-11/h2-5,9,19H,6-8,15H2,1H3/t9-/m1/s1. The van der Waals surface area contributed by atoms with Gasteiger partial charge in [-0.15, -0.1) is 10.2 Å². The Bertz CT molecular complexity index is 558. The highest BCUT2D eigenvalue weighted by Crippen LogP contribution is 2.23. The number of thioether (sulfide) groups is 1. The molecule has 5 nitrogen and oxygen atoms in total. The molecule has 0 saturated heterocycles. The maximum Gasteiger partial charge on any atom is 0.195 e. The Morgan fingerprint density at radius 3 is 2.65 bits per heavy atom. The number of nitrogens with two attached hydrogens (primary N) is 1. The molecule has 2 rings (SSSR count). The summed E-state index contributed by atoms with van der Waals surface area (Å²) in [6.07, 6.45) is 0. The molecule has 0 spiro atoms. The normalized spacial score (nSPS) is 12.6. The van der Waals surface area contributed by atoms with Crippen LogP contribution in [0.25, 0.3) is 5.69 Å². The number of nitrogens with zero attached hydrogens (tertiary/aromatic N) is 3. The lowest BCUT2D eigenvalue weighted by Crippen LogP contribution is -2.09. The highest BCUT2D eigenvalue weighted by Gasteiger charge is 2.14. The van der Waals surface area contributed by atoms with Crippen LogP contribution in [0, 0.1) is 11.7 Å². The van der Waals surface area contributed by atoms with E-state index in [1.807, 2.05) is 11.5 Å². The summed E-state index contributed by atoms with van der Waals surface area (Å²) in [4.78, 5) is 0. The SMILES string of the molecule is C[C@H](CO)CSc1nnc(CN)n1-c1ccc(F)cc1. The van der Waals surface area contributed by atoms with Crippen LogP contribution in [0.15, 0.2) is 29.4 Å². The zero-order valence-electron chi connectivity index (χ0n) is 11.2. The molecule has 1 heterocycles. The van der Waals surface area contributed by atoms with Crippen LogP contribution in [0.4, 0.5) is 4.39 Å². The molecule has 0 fully saturated rings. The Morgan fingerprint density at radius 1 is 1.35 bits per heavy atom. The summed E-state index contributed by atoms with van der Waals surface area (Å²) in [7, 11) is 0. The van der Waals surface area contributed by atoms with Gasteiger partial charge in [-0.1, -0.05) is 18.7 Å². The van der Waals surface area contributed by atoms with E-state index in [-0.39, 0.29) is 24.9 Å². The summed E-state index contributed by atoms with van der Waals surface area (Å²) in [6.45, 7) is 2.33. The summed E-state index contributed by atoms with van der Waals surface area (Å²) in [5, 5.41) is 17.9. The molecule has 3 N–H and O–H groups in total. The van der Waals surface area contributed by atoms with Crippen molar-refractivity contribution in [1.29, 1.82) is 0 Å². The van der Waals surface area contributed by atoms with Crippen molar-refractivity contribution in [3.8, 4) is 5.69 Å². The van der Waals surface area contributed by atoms with Gasteiger partial charge in [0.25, 0.3) is 0 Å². The molecule has 0 aliphatic heterocycles. The van der Waals surface area contributed by atoms with Crippen molar-refractivity contribution in [1.82, 2.24) is 14.8 Å². The van der Waals surface area contributed by atoms with Crippen LogP contribution in [0.5, 0.6) is 0 Å². The zero-order chi connectivity index (χ0) is 14.5. The number of rotatable bonds is 6. The van der Waals surface area contributed by atoms with E-state index in [0.717, 1.165) is 11.4 Å². The monoisotopic (exact) mass is 296 g/mol. The predicted molar refractivity (Wildman–Crippen MR) is 76.2 cm³/mol. The van der Waals surface area contributed by atoms with Crippen molar-refractivity contribution < 1.29 is 9.50 Å². The first kappa shape index (κ1) is 15.0. The number of aromatic nitrogens is 3. The largest absolute Gasteiger partial charge is 0.396 e. The maximum absolute atomic E-state index is 13.0. The first-order chi connectivity index (χ1) is 9.65. The molecule has 0 aliphatic rings.